The second-order valence-corrected chi connectivity index (χ2v) is 11.1. The minimum absolute atomic E-state index is 0.465. The molecule has 0 aliphatic rings. The maximum absolute atomic E-state index is 13.0. The molecule has 0 aliphatic heterocycles. The van der Waals surface area contributed by atoms with Gasteiger partial charge in [-0.15, -0.1) is 0 Å². The lowest BCUT2D eigenvalue weighted by molar-refractivity contribution is -0.671. The standard InChI is InChI=1S/C25H41N4O3/c1-23(2,3)28(30)21-16-20(17-22(18-21)29(31)24(4,5)6)25(7,8)32-15-11-10-12-27-14-13-26(9)19-27/h13-14,16-19H,10-12,15H2,1-9H3/q+1. The molecule has 0 atom stereocenters. The van der Waals surface area contributed by atoms with Crippen LogP contribution < -0.4 is 14.7 Å². The molecule has 0 amide bonds. The van der Waals surface area contributed by atoms with Crippen molar-refractivity contribution in [2.24, 2.45) is 7.05 Å². The Morgan fingerprint density at radius 3 is 1.84 bits per heavy atom. The number of hydroxylamine groups is 2. The van der Waals surface area contributed by atoms with Crippen LogP contribution in [0.15, 0.2) is 36.9 Å². The maximum atomic E-state index is 13.0. The van der Waals surface area contributed by atoms with E-state index < -0.39 is 16.7 Å². The van der Waals surface area contributed by atoms with Crippen LogP contribution >= 0.6 is 0 Å². The van der Waals surface area contributed by atoms with E-state index in [9.17, 15) is 10.4 Å². The highest BCUT2D eigenvalue weighted by atomic mass is 16.5. The largest absolute Gasteiger partial charge is 0.371 e. The van der Waals surface area contributed by atoms with E-state index in [0.29, 0.717) is 18.0 Å². The molecule has 7 nitrogen and oxygen atoms in total. The second kappa shape index (κ2) is 9.81. The summed E-state index contributed by atoms with van der Waals surface area (Å²) in [5, 5.41) is 27.8. The Labute approximate surface area is 193 Å². The molecular formula is C25H41N4O3+. The van der Waals surface area contributed by atoms with Gasteiger partial charge in [0, 0.05) is 6.61 Å². The van der Waals surface area contributed by atoms with Crippen LogP contribution in [0.2, 0.25) is 0 Å². The van der Waals surface area contributed by atoms with Gasteiger partial charge < -0.3 is 4.74 Å². The van der Waals surface area contributed by atoms with E-state index in [4.69, 9.17) is 4.74 Å². The fraction of sp³-hybridized carbons (Fsp3) is 0.640. The van der Waals surface area contributed by atoms with Crippen LogP contribution in [-0.4, -0.2) is 22.3 Å². The van der Waals surface area contributed by atoms with Gasteiger partial charge in [0.2, 0.25) is 6.33 Å². The quantitative estimate of drug-likeness (QED) is 0.312. The SMILES string of the molecule is C[n+]1ccn(CCCCOC(C)(C)c2cc(N([O])C(C)(C)C)cc(N([O])C(C)(C)C)c2)c1. The number of aryl methyl sites for hydroxylation is 2. The van der Waals surface area contributed by atoms with E-state index >= 15 is 0 Å². The fourth-order valence-corrected chi connectivity index (χ4v) is 3.39. The molecule has 0 spiro atoms. The van der Waals surface area contributed by atoms with Crippen molar-refractivity contribution in [1.29, 1.82) is 0 Å². The molecule has 1 aromatic heterocycles. The van der Waals surface area contributed by atoms with Crippen LogP contribution in [-0.2, 0) is 34.3 Å². The van der Waals surface area contributed by atoms with Crippen LogP contribution in [0.3, 0.4) is 0 Å². The molecule has 0 N–H and O–H groups in total. The van der Waals surface area contributed by atoms with Gasteiger partial charge in [-0.3, -0.25) is 0 Å². The Bertz CT molecular complexity index is 840. The predicted molar refractivity (Wildman–Crippen MR) is 126 cm³/mol. The van der Waals surface area contributed by atoms with Crippen molar-refractivity contribution in [3.8, 4) is 0 Å². The lowest BCUT2D eigenvalue weighted by atomic mass is 9.95. The summed E-state index contributed by atoms with van der Waals surface area (Å²) in [5.74, 6) is 0. The van der Waals surface area contributed by atoms with Gasteiger partial charge in [0.1, 0.15) is 12.4 Å². The first-order valence-corrected chi connectivity index (χ1v) is 11.4. The fourth-order valence-electron chi connectivity index (χ4n) is 3.39. The van der Waals surface area contributed by atoms with Crippen molar-refractivity contribution >= 4 is 11.4 Å². The number of hydrogen-bond donors (Lipinski definition) is 0. The summed E-state index contributed by atoms with van der Waals surface area (Å²) in [6, 6.07) is 5.36. The highest BCUT2D eigenvalue weighted by Crippen LogP contribution is 2.36. The van der Waals surface area contributed by atoms with Crippen LogP contribution in [0.25, 0.3) is 0 Å². The average molecular weight is 446 g/mol. The lowest BCUT2D eigenvalue weighted by Gasteiger charge is -2.34. The summed E-state index contributed by atoms with van der Waals surface area (Å²) in [4.78, 5) is 0. The van der Waals surface area contributed by atoms with Crippen LogP contribution in [0.5, 0.6) is 0 Å². The number of hydrogen-bond acceptors (Lipinski definition) is 3. The van der Waals surface area contributed by atoms with Crippen molar-refractivity contribution in [3.05, 3.63) is 42.5 Å². The molecule has 1 aromatic carbocycles. The van der Waals surface area contributed by atoms with Gasteiger partial charge in [-0.2, -0.15) is 0 Å². The van der Waals surface area contributed by atoms with Gasteiger partial charge in [-0.05, 0) is 92.0 Å². The second-order valence-electron chi connectivity index (χ2n) is 11.1. The monoisotopic (exact) mass is 445 g/mol. The van der Waals surface area contributed by atoms with Crippen molar-refractivity contribution < 1.29 is 19.7 Å². The van der Waals surface area contributed by atoms with E-state index in [0.717, 1.165) is 35.1 Å². The molecule has 32 heavy (non-hydrogen) atoms. The van der Waals surface area contributed by atoms with E-state index in [-0.39, 0.29) is 0 Å². The molecule has 0 bridgehead atoms. The molecule has 1 heterocycles. The third kappa shape index (κ3) is 6.95. The minimum atomic E-state index is -0.637. The summed E-state index contributed by atoms with van der Waals surface area (Å²) < 4.78 is 10.4. The Kier molecular flexibility index (Phi) is 8.02. The Hall–Kier alpha value is -2.09. The first-order valence-electron chi connectivity index (χ1n) is 11.4. The molecule has 2 radical (unpaired) electrons. The molecule has 0 unspecified atom stereocenters. The zero-order valence-electron chi connectivity index (χ0n) is 21.3. The normalized spacial score (nSPS) is 12.8. The number of anilines is 2. The topological polar surface area (TPSA) is 64.3 Å². The molecule has 2 aromatic rings. The van der Waals surface area contributed by atoms with Crippen LogP contribution in [0.1, 0.15) is 73.8 Å². The number of benzene rings is 1. The van der Waals surface area contributed by atoms with Crippen molar-refractivity contribution in [3.63, 3.8) is 0 Å². The maximum Gasteiger partial charge on any atom is 0.243 e. The Morgan fingerprint density at radius 1 is 0.875 bits per heavy atom. The number of nitrogens with zero attached hydrogens (tertiary/aromatic N) is 4. The Morgan fingerprint density at radius 2 is 1.41 bits per heavy atom. The number of rotatable bonds is 9. The van der Waals surface area contributed by atoms with Crippen LogP contribution in [0, 0.1) is 0 Å². The van der Waals surface area contributed by atoms with Crippen LogP contribution in [0.4, 0.5) is 11.4 Å². The van der Waals surface area contributed by atoms with Gasteiger partial charge in [-0.1, -0.05) is 10.4 Å². The van der Waals surface area contributed by atoms with Crippen molar-refractivity contribution in [1.82, 2.24) is 4.57 Å². The first kappa shape index (κ1) is 26.2. The number of imidazole rings is 1. The first-order chi connectivity index (χ1) is 14.6. The summed E-state index contributed by atoms with van der Waals surface area (Å²) in [7, 11) is 2.01. The number of aromatic nitrogens is 2. The number of ether oxygens (including phenoxy) is 1. The van der Waals surface area contributed by atoms with Gasteiger partial charge in [0.05, 0.1) is 41.6 Å². The van der Waals surface area contributed by atoms with E-state index in [1.807, 2.05) is 85.3 Å². The molecular weight excluding hydrogens is 404 g/mol. The average Bonchev–Trinajstić information content (AvgIpc) is 3.09. The van der Waals surface area contributed by atoms with Gasteiger partial charge in [0.25, 0.3) is 0 Å². The molecule has 0 saturated carbocycles. The molecule has 2 rings (SSSR count). The van der Waals surface area contributed by atoms with Gasteiger partial charge >= 0.3 is 0 Å². The number of unbranched alkanes of at least 4 members (excludes halogenated alkanes) is 1. The van der Waals surface area contributed by atoms with Crippen molar-refractivity contribution in [2.75, 3.05) is 16.7 Å². The summed E-state index contributed by atoms with van der Waals surface area (Å²) >= 11 is 0. The summed E-state index contributed by atoms with van der Waals surface area (Å²) in [6.45, 7) is 16.7. The molecule has 0 fully saturated rings. The molecule has 178 valence electrons. The van der Waals surface area contributed by atoms with Gasteiger partial charge in [-0.25, -0.2) is 19.3 Å². The van der Waals surface area contributed by atoms with E-state index in [2.05, 4.69) is 17.1 Å². The Balaban J connectivity index is 2.18. The highest BCUT2D eigenvalue weighted by molar-refractivity contribution is 5.62. The zero-order chi connectivity index (χ0) is 24.3. The van der Waals surface area contributed by atoms with E-state index in [1.54, 1.807) is 6.07 Å². The zero-order valence-corrected chi connectivity index (χ0v) is 21.3. The lowest BCUT2D eigenvalue weighted by Crippen LogP contribution is -2.39. The van der Waals surface area contributed by atoms with Crippen molar-refractivity contribution in [2.45, 2.75) is 91.5 Å². The smallest absolute Gasteiger partial charge is 0.243 e. The van der Waals surface area contributed by atoms with Gasteiger partial charge in [0.15, 0.2) is 0 Å². The molecule has 0 aliphatic carbocycles. The third-order valence-corrected chi connectivity index (χ3v) is 5.38. The summed E-state index contributed by atoms with van der Waals surface area (Å²) in [6.07, 6.45) is 8.07. The molecule has 0 saturated heterocycles. The summed E-state index contributed by atoms with van der Waals surface area (Å²) in [5.41, 5.74) is -0.129. The van der Waals surface area contributed by atoms with E-state index in [1.165, 1.54) is 0 Å². The predicted octanol–water partition coefficient (Wildman–Crippen LogP) is 4.95. The highest BCUT2D eigenvalue weighted by Gasteiger charge is 2.30. The third-order valence-electron chi connectivity index (χ3n) is 5.38. The minimum Gasteiger partial charge on any atom is -0.371 e. The molecule has 7 heteroatoms.